The van der Waals surface area contributed by atoms with Crippen molar-refractivity contribution in [1.29, 1.82) is 0 Å². The molecule has 90 valence electrons. The number of nitrogens with one attached hydrogen (secondary N) is 1. The van der Waals surface area contributed by atoms with E-state index < -0.39 is 10.0 Å². The van der Waals surface area contributed by atoms with Gasteiger partial charge in [-0.3, -0.25) is 0 Å². The third-order valence-electron chi connectivity index (χ3n) is 2.32. The van der Waals surface area contributed by atoms with Gasteiger partial charge in [0.1, 0.15) is 4.90 Å². The molecule has 2 aromatic rings. The van der Waals surface area contributed by atoms with Gasteiger partial charge in [0.15, 0.2) is 0 Å². The predicted octanol–water partition coefficient (Wildman–Crippen LogP) is 0.363. The quantitative estimate of drug-likeness (QED) is 0.772. The van der Waals surface area contributed by atoms with Crippen LogP contribution in [-0.2, 0) is 10.0 Å². The molecule has 0 saturated heterocycles. The van der Waals surface area contributed by atoms with Crippen molar-refractivity contribution in [1.82, 2.24) is 14.3 Å². The summed E-state index contributed by atoms with van der Waals surface area (Å²) in [6.07, 6.45) is 4.77. The van der Waals surface area contributed by atoms with Crippen molar-refractivity contribution in [2.75, 3.05) is 12.8 Å². The third kappa shape index (κ3) is 2.15. The summed E-state index contributed by atoms with van der Waals surface area (Å²) in [5, 5.41) is 0. The Kier molecular flexibility index (Phi) is 2.86. The number of nitrogens with zero attached hydrogens (tertiary/aromatic N) is 2. The van der Waals surface area contributed by atoms with Crippen molar-refractivity contribution < 1.29 is 8.42 Å². The maximum Gasteiger partial charge on any atom is 0.242 e. The SMILES string of the molecule is CNS(=O)(=O)c1cc(N)ccc1-n1ccnc1. The molecule has 7 heteroatoms. The summed E-state index contributed by atoms with van der Waals surface area (Å²) in [6.45, 7) is 0. The van der Waals surface area contributed by atoms with E-state index in [0.29, 0.717) is 11.4 Å². The molecule has 17 heavy (non-hydrogen) atoms. The molecule has 0 aliphatic heterocycles. The number of sulfonamides is 1. The van der Waals surface area contributed by atoms with E-state index in [0.717, 1.165) is 0 Å². The summed E-state index contributed by atoms with van der Waals surface area (Å²) < 4.78 is 27.6. The van der Waals surface area contributed by atoms with Gasteiger partial charge in [0.05, 0.1) is 12.0 Å². The molecule has 0 amide bonds. The van der Waals surface area contributed by atoms with E-state index in [4.69, 9.17) is 5.73 Å². The summed E-state index contributed by atoms with van der Waals surface area (Å²) in [6, 6.07) is 4.70. The summed E-state index contributed by atoms with van der Waals surface area (Å²) in [4.78, 5) is 4.01. The van der Waals surface area contributed by atoms with E-state index in [9.17, 15) is 8.42 Å². The molecule has 0 aliphatic carbocycles. The van der Waals surface area contributed by atoms with E-state index in [1.165, 1.54) is 19.4 Å². The van der Waals surface area contributed by atoms with E-state index in [1.807, 2.05) is 0 Å². The molecular weight excluding hydrogens is 240 g/mol. The Bertz CT molecular complexity index is 620. The zero-order valence-electron chi connectivity index (χ0n) is 9.16. The van der Waals surface area contributed by atoms with Crippen molar-refractivity contribution in [3.05, 3.63) is 36.9 Å². The maximum absolute atomic E-state index is 11.9. The first-order chi connectivity index (χ1) is 8.04. The Labute approximate surface area is 99.1 Å². The van der Waals surface area contributed by atoms with Crippen molar-refractivity contribution >= 4 is 15.7 Å². The second-order valence-electron chi connectivity index (χ2n) is 3.40. The fraction of sp³-hybridized carbons (Fsp3) is 0.100. The number of anilines is 1. The molecular formula is C10H12N4O2S. The van der Waals surface area contributed by atoms with Gasteiger partial charge < -0.3 is 10.3 Å². The molecule has 1 aromatic carbocycles. The third-order valence-corrected chi connectivity index (χ3v) is 3.77. The van der Waals surface area contributed by atoms with E-state index in [1.54, 1.807) is 29.1 Å². The van der Waals surface area contributed by atoms with Crippen molar-refractivity contribution in [2.24, 2.45) is 0 Å². The van der Waals surface area contributed by atoms with Crippen molar-refractivity contribution in [3.63, 3.8) is 0 Å². The molecule has 0 fully saturated rings. The van der Waals surface area contributed by atoms with Crippen LogP contribution in [0.1, 0.15) is 0 Å². The van der Waals surface area contributed by atoms with Gasteiger partial charge in [-0.15, -0.1) is 0 Å². The van der Waals surface area contributed by atoms with Gasteiger partial charge in [-0.05, 0) is 25.2 Å². The number of hydrogen-bond donors (Lipinski definition) is 2. The highest BCUT2D eigenvalue weighted by atomic mass is 32.2. The van der Waals surface area contributed by atoms with Gasteiger partial charge in [-0.2, -0.15) is 0 Å². The van der Waals surface area contributed by atoms with Crippen LogP contribution in [0.5, 0.6) is 0 Å². The molecule has 0 aliphatic rings. The average Bonchev–Trinajstić information content (AvgIpc) is 2.82. The highest BCUT2D eigenvalue weighted by Gasteiger charge is 2.17. The lowest BCUT2D eigenvalue weighted by atomic mass is 10.3. The lowest BCUT2D eigenvalue weighted by molar-refractivity contribution is 0.587. The predicted molar refractivity (Wildman–Crippen MR) is 64.2 cm³/mol. The smallest absolute Gasteiger partial charge is 0.242 e. The first kappa shape index (κ1) is 11.6. The number of nitrogens with two attached hydrogens (primary N) is 1. The Morgan fingerprint density at radius 1 is 1.41 bits per heavy atom. The van der Waals surface area contributed by atoms with E-state index >= 15 is 0 Å². The molecule has 0 saturated carbocycles. The van der Waals surface area contributed by atoms with Crippen LogP contribution in [0.2, 0.25) is 0 Å². The van der Waals surface area contributed by atoms with Gasteiger partial charge in [0.2, 0.25) is 10.0 Å². The topological polar surface area (TPSA) is 90.0 Å². The van der Waals surface area contributed by atoms with Crippen LogP contribution in [0.25, 0.3) is 5.69 Å². The molecule has 0 radical (unpaired) electrons. The lowest BCUT2D eigenvalue weighted by Crippen LogP contribution is -2.20. The second kappa shape index (κ2) is 4.19. The molecule has 0 unspecified atom stereocenters. The number of hydrogen-bond acceptors (Lipinski definition) is 4. The number of nitrogen functional groups attached to an aromatic ring is 1. The molecule has 0 atom stereocenters. The molecule has 0 spiro atoms. The molecule has 2 rings (SSSR count). The number of imidazole rings is 1. The molecule has 6 nitrogen and oxygen atoms in total. The number of aromatic nitrogens is 2. The fourth-order valence-electron chi connectivity index (χ4n) is 1.47. The van der Waals surface area contributed by atoms with Gasteiger partial charge in [0.25, 0.3) is 0 Å². The first-order valence-electron chi connectivity index (χ1n) is 4.86. The molecule has 1 aromatic heterocycles. The van der Waals surface area contributed by atoms with Crippen LogP contribution in [0, 0.1) is 0 Å². The summed E-state index contributed by atoms with van der Waals surface area (Å²) >= 11 is 0. The summed E-state index contributed by atoms with van der Waals surface area (Å²) in [7, 11) is -2.20. The highest BCUT2D eigenvalue weighted by molar-refractivity contribution is 7.89. The van der Waals surface area contributed by atoms with Crippen LogP contribution >= 0.6 is 0 Å². The molecule has 1 heterocycles. The van der Waals surface area contributed by atoms with Crippen LogP contribution in [0.3, 0.4) is 0 Å². The van der Waals surface area contributed by atoms with E-state index in [-0.39, 0.29) is 4.90 Å². The van der Waals surface area contributed by atoms with Gasteiger partial charge >= 0.3 is 0 Å². The first-order valence-corrected chi connectivity index (χ1v) is 6.34. The highest BCUT2D eigenvalue weighted by Crippen LogP contribution is 2.22. The van der Waals surface area contributed by atoms with Crippen LogP contribution in [0.4, 0.5) is 5.69 Å². The molecule has 0 bridgehead atoms. The maximum atomic E-state index is 11.9. The largest absolute Gasteiger partial charge is 0.399 e. The van der Waals surface area contributed by atoms with Gasteiger partial charge in [-0.25, -0.2) is 18.1 Å². The fourth-order valence-corrected chi connectivity index (χ4v) is 2.43. The van der Waals surface area contributed by atoms with Crippen molar-refractivity contribution in [2.45, 2.75) is 4.90 Å². The zero-order valence-corrected chi connectivity index (χ0v) is 9.98. The Hall–Kier alpha value is -1.86. The molecule has 3 N–H and O–H groups in total. The Morgan fingerprint density at radius 2 is 2.18 bits per heavy atom. The minimum Gasteiger partial charge on any atom is -0.399 e. The van der Waals surface area contributed by atoms with Crippen LogP contribution in [-0.4, -0.2) is 25.0 Å². The van der Waals surface area contributed by atoms with Gasteiger partial charge in [-0.1, -0.05) is 0 Å². The van der Waals surface area contributed by atoms with Crippen molar-refractivity contribution in [3.8, 4) is 5.69 Å². The average molecular weight is 252 g/mol. The Morgan fingerprint density at radius 3 is 2.76 bits per heavy atom. The Balaban J connectivity index is 2.69. The second-order valence-corrected chi connectivity index (χ2v) is 5.26. The monoisotopic (exact) mass is 252 g/mol. The van der Waals surface area contributed by atoms with Crippen LogP contribution in [0.15, 0.2) is 41.8 Å². The normalized spacial score (nSPS) is 11.6. The summed E-state index contributed by atoms with van der Waals surface area (Å²) in [5.74, 6) is 0. The lowest BCUT2D eigenvalue weighted by Gasteiger charge is -2.10. The standard InChI is InChI=1S/C10H12N4O2S/c1-12-17(15,16)10-6-8(11)2-3-9(10)14-5-4-13-7-14/h2-7,12H,11H2,1H3. The zero-order chi connectivity index (χ0) is 12.5. The van der Waals surface area contributed by atoms with Crippen LogP contribution < -0.4 is 10.5 Å². The minimum atomic E-state index is -3.56. The minimum absolute atomic E-state index is 0.123. The summed E-state index contributed by atoms with van der Waals surface area (Å²) in [5.41, 5.74) is 6.51. The number of benzene rings is 1. The van der Waals surface area contributed by atoms with Gasteiger partial charge in [0, 0.05) is 18.1 Å². The number of rotatable bonds is 3. The van der Waals surface area contributed by atoms with E-state index in [2.05, 4.69) is 9.71 Å².